The van der Waals surface area contributed by atoms with E-state index < -0.39 is 29.2 Å². The second-order valence-corrected chi connectivity index (χ2v) is 5.28. The molecular weight excluding hydrogens is 310 g/mol. The van der Waals surface area contributed by atoms with Crippen molar-refractivity contribution in [1.82, 2.24) is 10.3 Å². The van der Waals surface area contributed by atoms with Gasteiger partial charge in [-0.15, -0.1) is 11.8 Å². The van der Waals surface area contributed by atoms with Gasteiger partial charge in [0.2, 0.25) is 0 Å². The number of carbonyl (C=O) groups excluding carboxylic acids is 1. The van der Waals surface area contributed by atoms with Gasteiger partial charge in [-0.05, 0) is 30.5 Å². The van der Waals surface area contributed by atoms with E-state index in [0.717, 1.165) is 17.2 Å². The summed E-state index contributed by atoms with van der Waals surface area (Å²) < 4.78 is 27.0. The number of amides is 1. The molecule has 0 spiro atoms. The first-order valence-corrected chi connectivity index (χ1v) is 7.65. The molecule has 0 aliphatic heterocycles. The first-order chi connectivity index (χ1) is 10.5. The maximum atomic E-state index is 13.5. The molecule has 0 aliphatic rings. The summed E-state index contributed by atoms with van der Waals surface area (Å²) in [6, 6.07) is 6.58. The molecule has 4 nitrogen and oxygen atoms in total. The summed E-state index contributed by atoms with van der Waals surface area (Å²) in [4.78, 5) is 15.9. The van der Waals surface area contributed by atoms with E-state index in [0.29, 0.717) is 5.56 Å². The third kappa shape index (κ3) is 3.80. The Labute approximate surface area is 130 Å². The molecule has 116 valence electrons. The fraction of sp³-hybridized carbons (Fsp3) is 0.200. The SMILES string of the molecule is CSc1ccc(C(=O)NCC(O)c2c(F)cccc2F)cn1. The van der Waals surface area contributed by atoms with Gasteiger partial charge in [-0.3, -0.25) is 4.79 Å². The Balaban J connectivity index is 2.01. The molecule has 1 unspecified atom stereocenters. The minimum absolute atomic E-state index is 0.305. The minimum atomic E-state index is -1.47. The zero-order valence-electron chi connectivity index (χ0n) is 11.7. The van der Waals surface area contributed by atoms with Crippen molar-refractivity contribution in [1.29, 1.82) is 0 Å². The molecule has 1 aromatic carbocycles. The van der Waals surface area contributed by atoms with Gasteiger partial charge in [-0.25, -0.2) is 13.8 Å². The molecule has 0 radical (unpaired) electrons. The maximum Gasteiger partial charge on any atom is 0.252 e. The van der Waals surface area contributed by atoms with Crippen molar-refractivity contribution in [2.75, 3.05) is 12.8 Å². The molecule has 0 fully saturated rings. The van der Waals surface area contributed by atoms with Crippen LogP contribution in [0.5, 0.6) is 0 Å². The highest BCUT2D eigenvalue weighted by atomic mass is 32.2. The number of aromatic nitrogens is 1. The number of benzene rings is 1. The molecule has 2 N–H and O–H groups in total. The van der Waals surface area contributed by atoms with Crippen LogP contribution in [0.3, 0.4) is 0 Å². The van der Waals surface area contributed by atoms with E-state index >= 15 is 0 Å². The van der Waals surface area contributed by atoms with Crippen LogP contribution in [-0.2, 0) is 0 Å². The number of halogens is 2. The van der Waals surface area contributed by atoms with Crippen LogP contribution in [0.25, 0.3) is 0 Å². The zero-order valence-corrected chi connectivity index (χ0v) is 12.5. The van der Waals surface area contributed by atoms with Gasteiger partial charge in [0.05, 0.1) is 16.2 Å². The quantitative estimate of drug-likeness (QED) is 0.830. The molecule has 0 bridgehead atoms. The van der Waals surface area contributed by atoms with Gasteiger partial charge in [0.25, 0.3) is 5.91 Å². The van der Waals surface area contributed by atoms with Gasteiger partial charge in [0.1, 0.15) is 17.7 Å². The number of rotatable bonds is 5. The number of carbonyl (C=O) groups is 1. The van der Waals surface area contributed by atoms with Crippen LogP contribution in [0, 0.1) is 11.6 Å². The van der Waals surface area contributed by atoms with Crippen molar-refractivity contribution in [3.8, 4) is 0 Å². The van der Waals surface area contributed by atoms with Crippen LogP contribution in [0.15, 0.2) is 41.6 Å². The number of hydrogen-bond donors (Lipinski definition) is 2. The summed E-state index contributed by atoms with van der Waals surface area (Å²) in [6.07, 6.45) is 1.79. The first-order valence-electron chi connectivity index (χ1n) is 6.43. The van der Waals surface area contributed by atoms with Crippen molar-refractivity contribution < 1.29 is 18.7 Å². The molecule has 22 heavy (non-hydrogen) atoms. The van der Waals surface area contributed by atoms with Gasteiger partial charge in [-0.2, -0.15) is 0 Å². The fourth-order valence-corrected chi connectivity index (χ4v) is 2.22. The van der Waals surface area contributed by atoms with Crippen molar-refractivity contribution in [2.45, 2.75) is 11.1 Å². The van der Waals surface area contributed by atoms with Crippen molar-refractivity contribution >= 4 is 17.7 Å². The Hall–Kier alpha value is -1.99. The van der Waals surface area contributed by atoms with E-state index in [1.807, 2.05) is 6.26 Å². The summed E-state index contributed by atoms with van der Waals surface area (Å²) in [5.41, 5.74) is -0.155. The second-order valence-electron chi connectivity index (χ2n) is 4.45. The highest BCUT2D eigenvalue weighted by molar-refractivity contribution is 7.98. The Morgan fingerprint density at radius 2 is 2.00 bits per heavy atom. The molecule has 0 saturated carbocycles. The zero-order chi connectivity index (χ0) is 16.1. The average Bonchev–Trinajstić information content (AvgIpc) is 2.52. The normalized spacial score (nSPS) is 12.0. The molecule has 1 heterocycles. The van der Waals surface area contributed by atoms with E-state index in [9.17, 15) is 18.7 Å². The summed E-state index contributed by atoms with van der Waals surface area (Å²) in [7, 11) is 0. The molecule has 2 aromatic rings. The summed E-state index contributed by atoms with van der Waals surface area (Å²) in [6.45, 7) is -0.305. The summed E-state index contributed by atoms with van der Waals surface area (Å²) in [5.74, 6) is -2.18. The number of aliphatic hydroxyl groups excluding tert-OH is 1. The summed E-state index contributed by atoms with van der Waals surface area (Å²) in [5, 5.41) is 13.0. The van der Waals surface area contributed by atoms with Crippen LogP contribution in [0.2, 0.25) is 0 Å². The lowest BCUT2D eigenvalue weighted by atomic mass is 10.1. The Bertz CT molecular complexity index is 645. The molecule has 0 saturated heterocycles. The maximum absolute atomic E-state index is 13.5. The highest BCUT2D eigenvalue weighted by Gasteiger charge is 2.18. The molecule has 0 aliphatic carbocycles. The predicted molar refractivity (Wildman–Crippen MR) is 79.7 cm³/mol. The third-order valence-electron chi connectivity index (χ3n) is 3.00. The molecule has 1 atom stereocenters. The number of hydrogen-bond acceptors (Lipinski definition) is 4. The lowest BCUT2D eigenvalue weighted by molar-refractivity contribution is 0.0911. The number of nitrogens with zero attached hydrogens (tertiary/aromatic N) is 1. The molecule has 1 amide bonds. The number of aliphatic hydroxyl groups is 1. The van der Waals surface area contributed by atoms with Gasteiger partial charge in [-0.1, -0.05) is 6.07 Å². The average molecular weight is 324 g/mol. The van der Waals surface area contributed by atoms with Crippen LogP contribution in [-0.4, -0.2) is 28.8 Å². The number of thioether (sulfide) groups is 1. The first kappa shape index (κ1) is 16.4. The van der Waals surface area contributed by atoms with Gasteiger partial charge < -0.3 is 10.4 Å². The smallest absolute Gasteiger partial charge is 0.252 e. The van der Waals surface area contributed by atoms with Gasteiger partial charge in [0, 0.05) is 12.7 Å². The summed E-state index contributed by atoms with van der Waals surface area (Å²) >= 11 is 1.44. The van der Waals surface area contributed by atoms with E-state index in [1.54, 1.807) is 12.1 Å². The topological polar surface area (TPSA) is 62.2 Å². The van der Waals surface area contributed by atoms with E-state index in [2.05, 4.69) is 10.3 Å². The van der Waals surface area contributed by atoms with Crippen LogP contribution < -0.4 is 5.32 Å². The van der Waals surface area contributed by atoms with E-state index in [4.69, 9.17) is 0 Å². The third-order valence-corrected chi connectivity index (χ3v) is 3.66. The van der Waals surface area contributed by atoms with Gasteiger partial charge >= 0.3 is 0 Å². The van der Waals surface area contributed by atoms with Gasteiger partial charge in [0.15, 0.2) is 0 Å². The lowest BCUT2D eigenvalue weighted by Gasteiger charge is -2.14. The number of nitrogens with one attached hydrogen (secondary N) is 1. The Morgan fingerprint density at radius 1 is 1.32 bits per heavy atom. The molecule has 7 heteroatoms. The van der Waals surface area contributed by atoms with Crippen LogP contribution in [0.4, 0.5) is 8.78 Å². The molecule has 2 rings (SSSR count). The minimum Gasteiger partial charge on any atom is -0.386 e. The van der Waals surface area contributed by atoms with Crippen LogP contribution >= 0.6 is 11.8 Å². The van der Waals surface area contributed by atoms with E-state index in [-0.39, 0.29) is 6.54 Å². The monoisotopic (exact) mass is 324 g/mol. The predicted octanol–water partition coefficient (Wildman–Crippen LogP) is 2.55. The van der Waals surface area contributed by atoms with Crippen molar-refractivity contribution in [3.05, 3.63) is 59.3 Å². The van der Waals surface area contributed by atoms with E-state index in [1.165, 1.54) is 24.0 Å². The standard InChI is InChI=1S/C15H14F2N2O2S/c1-22-13-6-5-9(7-18-13)15(21)19-8-12(20)14-10(16)3-2-4-11(14)17/h2-7,12,20H,8H2,1H3,(H,19,21). The van der Waals surface area contributed by atoms with Crippen LogP contribution in [0.1, 0.15) is 22.0 Å². The lowest BCUT2D eigenvalue weighted by Crippen LogP contribution is -2.29. The molecular formula is C15H14F2N2O2S. The van der Waals surface area contributed by atoms with Crippen molar-refractivity contribution in [2.24, 2.45) is 0 Å². The molecule has 1 aromatic heterocycles. The fourth-order valence-electron chi connectivity index (χ4n) is 1.86. The Morgan fingerprint density at radius 3 is 2.55 bits per heavy atom. The van der Waals surface area contributed by atoms with Crippen molar-refractivity contribution in [3.63, 3.8) is 0 Å². The highest BCUT2D eigenvalue weighted by Crippen LogP contribution is 2.20. The second kappa shape index (κ2) is 7.33. The Kier molecular flexibility index (Phi) is 5.46. The number of pyridine rings is 1. The largest absolute Gasteiger partial charge is 0.386 e.